The fraction of sp³-hybridized carbons (Fsp3) is 0. The minimum Gasteiger partial charge on any atom is -0.435 e. The molecule has 0 aliphatic carbocycles. The fourth-order valence-corrected chi connectivity index (χ4v) is 5.86. The van der Waals surface area contributed by atoms with Crippen molar-refractivity contribution in [2.24, 2.45) is 0 Å². The third-order valence-electron chi connectivity index (χ3n) is 8.10. The van der Waals surface area contributed by atoms with Crippen molar-refractivity contribution in [2.45, 2.75) is 0 Å². The molecule has 0 unspecified atom stereocenters. The fourth-order valence-electron chi connectivity index (χ4n) is 5.86. The van der Waals surface area contributed by atoms with Crippen LogP contribution in [0.4, 0.5) is 17.1 Å². The molecule has 0 aliphatic heterocycles. The van der Waals surface area contributed by atoms with Gasteiger partial charge in [-0.1, -0.05) is 103 Å². The lowest BCUT2D eigenvalue weighted by Gasteiger charge is -2.26. The Morgan fingerprint density at radius 3 is 1.55 bits per heavy atom. The van der Waals surface area contributed by atoms with E-state index in [0.717, 1.165) is 55.6 Å². The van der Waals surface area contributed by atoms with E-state index in [4.69, 9.17) is 9.40 Å². The molecule has 7 aromatic carbocycles. The quantitative estimate of drug-likeness (QED) is 0.201. The van der Waals surface area contributed by atoms with Crippen molar-refractivity contribution < 1.29 is 4.42 Å². The molecule has 0 saturated heterocycles. The smallest absolute Gasteiger partial charge is 0.227 e. The van der Waals surface area contributed by atoms with Gasteiger partial charge in [-0.05, 0) is 94.4 Å². The van der Waals surface area contributed by atoms with Gasteiger partial charge in [-0.25, -0.2) is 4.98 Å². The van der Waals surface area contributed by atoms with Gasteiger partial charge in [-0.3, -0.25) is 0 Å². The van der Waals surface area contributed by atoms with E-state index in [1.807, 2.05) is 42.5 Å². The van der Waals surface area contributed by atoms with Crippen LogP contribution in [0.3, 0.4) is 0 Å². The van der Waals surface area contributed by atoms with E-state index in [1.54, 1.807) is 0 Å². The van der Waals surface area contributed by atoms with E-state index in [0.29, 0.717) is 5.89 Å². The first-order valence-corrected chi connectivity index (χ1v) is 14.8. The van der Waals surface area contributed by atoms with Crippen molar-refractivity contribution in [3.8, 4) is 33.7 Å². The van der Waals surface area contributed by atoms with Crippen LogP contribution in [-0.4, -0.2) is 4.98 Å². The Bertz CT molecular complexity index is 2190. The first-order chi connectivity index (χ1) is 21.8. The maximum absolute atomic E-state index is 6.25. The highest BCUT2D eigenvalue weighted by Crippen LogP contribution is 2.37. The van der Waals surface area contributed by atoms with Crippen LogP contribution in [0.15, 0.2) is 174 Å². The normalized spacial score (nSPS) is 11.2. The number of aromatic nitrogens is 1. The summed E-state index contributed by atoms with van der Waals surface area (Å²) in [6, 6.07) is 59.3. The van der Waals surface area contributed by atoms with E-state index in [-0.39, 0.29) is 0 Å². The molecule has 8 rings (SSSR count). The molecule has 0 bridgehead atoms. The molecule has 3 heteroatoms. The Morgan fingerprint density at radius 2 is 0.909 bits per heavy atom. The van der Waals surface area contributed by atoms with E-state index in [2.05, 4.69) is 132 Å². The molecule has 44 heavy (non-hydrogen) atoms. The van der Waals surface area contributed by atoms with Gasteiger partial charge in [0, 0.05) is 28.0 Å². The highest BCUT2D eigenvalue weighted by molar-refractivity contribution is 6.04. The largest absolute Gasteiger partial charge is 0.435 e. The van der Waals surface area contributed by atoms with Gasteiger partial charge in [0.1, 0.15) is 5.52 Å². The summed E-state index contributed by atoms with van der Waals surface area (Å²) < 4.78 is 6.25. The van der Waals surface area contributed by atoms with Gasteiger partial charge in [-0.2, -0.15) is 0 Å². The summed E-state index contributed by atoms with van der Waals surface area (Å²) in [5, 5.41) is 2.19. The number of anilines is 3. The van der Waals surface area contributed by atoms with Crippen molar-refractivity contribution in [1.82, 2.24) is 4.98 Å². The predicted molar refractivity (Wildman–Crippen MR) is 183 cm³/mol. The molecular weight excluding hydrogens is 536 g/mol. The summed E-state index contributed by atoms with van der Waals surface area (Å²) in [5.74, 6) is 0.644. The molecule has 1 heterocycles. The third-order valence-corrected chi connectivity index (χ3v) is 8.10. The number of nitrogens with zero attached hydrogens (tertiary/aromatic N) is 2. The number of rotatable bonds is 6. The zero-order valence-corrected chi connectivity index (χ0v) is 24.0. The lowest BCUT2D eigenvalue weighted by Crippen LogP contribution is -2.09. The van der Waals surface area contributed by atoms with Gasteiger partial charge in [0.25, 0.3) is 0 Å². The second kappa shape index (κ2) is 11.0. The Balaban J connectivity index is 1.13. The zero-order chi connectivity index (χ0) is 29.3. The van der Waals surface area contributed by atoms with Crippen LogP contribution >= 0.6 is 0 Å². The number of hydrogen-bond donors (Lipinski definition) is 0. The number of benzene rings is 7. The van der Waals surface area contributed by atoms with Gasteiger partial charge in [0.15, 0.2) is 5.58 Å². The molecule has 208 valence electrons. The Labute approximate surface area is 256 Å². The average molecular weight is 565 g/mol. The molecule has 0 saturated carbocycles. The number of fused-ring (bicyclic) bond motifs is 3. The van der Waals surface area contributed by atoms with Crippen LogP contribution in [0.1, 0.15) is 0 Å². The van der Waals surface area contributed by atoms with Crippen LogP contribution in [0.2, 0.25) is 0 Å². The Kier molecular flexibility index (Phi) is 6.47. The molecule has 0 amide bonds. The molecule has 0 aliphatic rings. The van der Waals surface area contributed by atoms with Gasteiger partial charge < -0.3 is 9.32 Å². The molecular formula is C41H28N2O. The van der Waals surface area contributed by atoms with Gasteiger partial charge in [-0.15, -0.1) is 0 Å². The first-order valence-electron chi connectivity index (χ1n) is 14.8. The molecule has 0 spiro atoms. The summed E-state index contributed by atoms with van der Waals surface area (Å²) >= 11 is 0. The third kappa shape index (κ3) is 4.81. The second-order valence-corrected chi connectivity index (χ2v) is 10.9. The minimum absolute atomic E-state index is 0.644. The van der Waals surface area contributed by atoms with E-state index >= 15 is 0 Å². The van der Waals surface area contributed by atoms with E-state index in [9.17, 15) is 0 Å². The first kappa shape index (κ1) is 25.8. The van der Waals surface area contributed by atoms with Crippen LogP contribution in [-0.2, 0) is 0 Å². The molecule has 3 nitrogen and oxygen atoms in total. The second-order valence-electron chi connectivity index (χ2n) is 10.9. The molecule has 8 aromatic rings. The highest BCUT2D eigenvalue weighted by atomic mass is 16.3. The topological polar surface area (TPSA) is 29.3 Å². The van der Waals surface area contributed by atoms with Crippen molar-refractivity contribution in [3.05, 3.63) is 170 Å². The summed E-state index contributed by atoms with van der Waals surface area (Å²) in [6.45, 7) is 0. The number of oxazole rings is 1. The summed E-state index contributed by atoms with van der Waals surface area (Å²) in [5.41, 5.74) is 10.7. The van der Waals surface area contributed by atoms with Gasteiger partial charge in [0.2, 0.25) is 5.89 Å². The minimum atomic E-state index is 0.644. The maximum atomic E-state index is 6.25. The van der Waals surface area contributed by atoms with Crippen molar-refractivity contribution in [3.63, 3.8) is 0 Å². The molecule has 0 atom stereocenters. The van der Waals surface area contributed by atoms with Crippen molar-refractivity contribution in [1.29, 1.82) is 0 Å². The van der Waals surface area contributed by atoms with Crippen LogP contribution in [0.5, 0.6) is 0 Å². The molecule has 0 fully saturated rings. The summed E-state index contributed by atoms with van der Waals surface area (Å²) in [7, 11) is 0. The van der Waals surface area contributed by atoms with E-state index in [1.165, 1.54) is 11.1 Å². The Hall–Kier alpha value is -5.93. The SMILES string of the molecule is c1ccc(-c2ccc(N(c3ccccc3)c3ccc(-c4ccc5c(ccc6nc(-c7ccccc7)oc65)c4)cc3)cc2)cc1. The predicted octanol–water partition coefficient (Wildman–Crippen LogP) is 11.5. The summed E-state index contributed by atoms with van der Waals surface area (Å²) in [4.78, 5) is 7.03. The van der Waals surface area contributed by atoms with Crippen LogP contribution in [0, 0.1) is 0 Å². The maximum Gasteiger partial charge on any atom is 0.227 e. The molecule has 1 aromatic heterocycles. The monoisotopic (exact) mass is 564 g/mol. The van der Waals surface area contributed by atoms with Gasteiger partial charge in [0.05, 0.1) is 0 Å². The van der Waals surface area contributed by atoms with Gasteiger partial charge >= 0.3 is 0 Å². The zero-order valence-electron chi connectivity index (χ0n) is 24.0. The van der Waals surface area contributed by atoms with E-state index < -0.39 is 0 Å². The average Bonchev–Trinajstić information content (AvgIpc) is 3.55. The molecule has 0 radical (unpaired) electrons. The van der Waals surface area contributed by atoms with Crippen LogP contribution in [0.25, 0.3) is 55.6 Å². The lowest BCUT2D eigenvalue weighted by molar-refractivity contribution is 0.623. The number of hydrogen-bond acceptors (Lipinski definition) is 3. The number of para-hydroxylation sites is 1. The lowest BCUT2D eigenvalue weighted by atomic mass is 10.00. The van der Waals surface area contributed by atoms with Crippen molar-refractivity contribution in [2.75, 3.05) is 4.90 Å². The van der Waals surface area contributed by atoms with Crippen molar-refractivity contribution >= 4 is 38.9 Å². The summed E-state index contributed by atoms with van der Waals surface area (Å²) in [6.07, 6.45) is 0. The molecule has 0 N–H and O–H groups in total. The Morgan fingerprint density at radius 1 is 0.409 bits per heavy atom. The van der Waals surface area contributed by atoms with Crippen LogP contribution < -0.4 is 4.90 Å². The highest BCUT2D eigenvalue weighted by Gasteiger charge is 2.14. The standard InChI is InChI=1S/C41H28N2O/c1-4-10-29(11-5-1)30-16-22-36(23-17-30)43(35-14-8-3-9-15-35)37-24-18-31(19-25-37)33-20-26-38-34(28-33)21-27-39-40(38)44-41(42-39)32-12-6-2-7-13-32/h1-28H.